The number of fused-ring (bicyclic) bond motifs is 1. The number of pyridine rings is 1. The highest BCUT2D eigenvalue weighted by Gasteiger charge is 2.23. The molecule has 2 aromatic carbocycles. The van der Waals surface area contributed by atoms with Crippen LogP contribution in [0.1, 0.15) is 10.4 Å². The third kappa shape index (κ3) is 2.93. The normalized spacial score (nSPS) is 11.2. The fourth-order valence-corrected chi connectivity index (χ4v) is 3.65. The van der Waals surface area contributed by atoms with Crippen LogP contribution in [0.25, 0.3) is 10.9 Å². The molecule has 0 aliphatic carbocycles. The highest BCUT2D eigenvalue weighted by atomic mass is 32.2. The van der Waals surface area contributed by atoms with E-state index in [0.29, 0.717) is 16.6 Å². The minimum Gasteiger partial charge on any atom is -0.465 e. The van der Waals surface area contributed by atoms with Gasteiger partial charge in [0.1, 0.15) is 4.90 Å². The predicted molar refractivity (Wildman–Crippen MR) is 90.3 cm³/mol. The lowest BCUT2D eigenvalue weighted by Gasteiger charge is -2.12. The van der Waals surface area contributed by atoms with Crippen molar-refractivity contribution in [3.63, 3.8) is 0 Å². The van der Waals surface area contributed by atoms with Crippen LogP contribution in [0.2, 0.25) is 0 Å². The second-order valence-electron chi connectivity index (χ2n) is 4.97. The number of benzene rings is 2. The number of nitrogens with one attached hydrogen (secondary N) is 1. The molecule has 0 unspecified atom stereocenters. The summed E-state index contributed by atoms with van der Waals surface area (Å²) in [5.41, 5.74) is 1.03. The van der Waals surface area contributed by atoms with Crippen LogP contribution in [0.15, 0.2) is 65.7 Å². The predicted octanol–water partition coefficient (Wildman–Crippen LogP) is 2.82. The molecule has 1 N–H and O–H groups in total. The molecule has 0 saturated heterocycles. The summed E-state index contributed by atoms with van der Waals surface area (Å²) in [5.74, 6) is -0.712. The molecule has 24 heavy (non-hydrogen) atoms. The molecule has 7 heteroatoms. The Balaban J connectivity index is 2.08. The number of ether oxygens (including phenoxy) is 1. The number of rotatable bonds is 4. The number of anilines is 1. The van der Waals surface area contributed by atoms with Crippen molar-refractivity contribution in [2.75, 3.05) is 11.8 Å². The summed E-state index contributed by atoms with van der Waals surface area (Å²) in [7, 11) is -2.77. The van der Waals surface area contributed by atoms with Gasteiger partial charge in [0, 0.05) is 11.6 Å². The summed E-state index contributed by atoms with van der Waals surface area (Å²) < 4.78 is 32.7. The Kier molecular flexibility index (Phi) is 4.18. The lowest BCUT2D eigenvalue weighted by molar-refractivity contribution is 0.0596. The van der Waals surface area contributed by atoms with E-state index >= 15 is 0 Å². The molecule has 0 radical (unpaired) electrons. The van der Waals surface area contributed by atoms with Gasteiger partial charge in [0.15, 0.2) is 0 Å². The Labute approximate surface area is 139 Å². The van der Waals surface area contributed by atoms with E-state index in [1.165, 1.54) is 19.2 Å². The standard InChI is InChI=1S/C17H14N2O4S/c1-23-17(20)13-6-2-3-10-16(13)24(21,22)19-15-9-4-8-14-12(15)7-5-11-18-14/h2-11,19H,1H3. The van der Waals surface area contributed by atoms with Gasteiger partial charge in [-0.3, -0.25) is 9.71 Å². The van der Waals surface area contributed by atoms with Crippen molar-refractivity contribution in [1.82, 2.24) is 4.98 Å². The third-order valence-electron chi connectivity index (χ3n) is 3.47. The van der Waals surface area contributed by atoms with Gasteiger partial charge in [-0.2, -0.15) is 0 Å². The lowest BCUT2D eigenvalue weighted by Crippen LogP contribution is -2.17. The van der Waals surface area contributed by atoms with Crippen molar-refractivity contribution >= 4 is 32.6 Å². The Hall–Kier alpha value is -2.93. The second-order valence-corrected chi connectivity index (χ2v) is 6.62. The van der Waals surface area contributed by atoms with Crippen molar-refractivity contribution < 1.29 is 17.9 Å². The summed E-state index contributed by atoms with van der Waals surface area (Å²) in [4.78, 5) is 15.9. The number of esters is 1. The number of hydrogen-bond acceptors (Lipinski definition) is 5. The average Bonchev–Trinajstić information content (AvgIpc) is 2.61. The smallest absolute Gasteiger partial charge is 0.339 e. The molecular formula is C17H14N2O4S. The van der Waals surface area contributed by atoms with Gasteiger partial charge in [0.25, 0.3) is 10.0 Å². The molecule has 1 aromatic heterocycles. The number of hydrogen-bond donors (Lipinski definition) is 1. The van der Waals surface area contributed by atoms with Crippen molar-refractivity contribution in [2.45, 2.75) is 4.90 Å². The first kappa shape index (κ1) is 15.9. The molecule has 0 spiro atoms. The zero-order valence-electron chi connectivity index (χ0n) is 12.8. The van der Waals surface area contributed by atoms with Crippen LogP contribution >= 0.6 is 0 Å². The van der Waals surface area contributed by atoms with Gasteiger partial charge in [0.2, 0.25) is 0 Å². The number of aromatic nitrogens is 1. The van der Waals surface area contributed by atoms with Crippen LogP contribution < -0.4 is 4.72 Å². The van der Waals surface area contributed by atoms with E-state index in [1.54, 1.807) is 48.7 Å². The summed E-state index contributed by atoms with van der Waals surface area (Å²) in [6.07, 6.45) is 1.63. The van der Waals surface area contributed by atoms with Crippen molar-refractivity contribution in [3.8, 4) is 0 Å². The topological polar surface area (TPSA) is 85.4 Å². The number of carbonyl (C=O) groups excluding carboxylic acids is 1. The number of carbonyl (C=O) groups is 1. The van der Waals surface area contributed by atoms with Crippen molar-refractivity contribution in [1.29, 1.82) is 0 Å². The highest BCUT2D eigenvalue weighted by molar-refractivity contribution is 7.92. The van der Waals surface area contributed by atoms with E-state index in [9.17, 15) is 13.2 Å². The van der Waals surface area contributed by atoms with Crippen LogP contribution in [0, 0.1) is 0 Å². The molecule has 0 saturated carbocycles. The summed E-state index contributed by atoms with van der Waals surface area (Å²) >= 11 is 0. The van der Waals surface area contributed by atoms with E-state index < -0.39 is 16.0 Å². The molecule has 3 aromatic rings. The number of sulfonamides is 1. The summed E-state index contributed by atoms with van der Waals surface area (Å²) in [6.45, 7) is 0. The van der Waals surface area contributed by atoms with Crippen molar-refractivity contribution in [2.24, 2.45) is 0 Å². The van der Waals surface area contributed by atoms with Crippen molar-refractivity contribution in [3.05, 3.63) is 66.4 Å². The van der Waals surface area contributed by atoms with E-state index in [4.69, 9.17) is 0 Å². The Morgan fingerprint density at radius 1 is 1.04 bits per heavy atom. The van der Waals surface area contributed by atoms with Gasteiger partial charge in [0.05, 0.1) is 23.9 Å². The quantitative estimate of drug-likeness (QED) is 0.737. The fraction of sp³-hybridized carbons (Fsp3) is 0.0588. The minimum absolute atomic E-state index is 0.0224. The number of methoxy groups -OCH3 is 1. The molecular weight excluding hydrogens is 328 g/mol. The largest absolute Gasteiger partial charge is 0.465 e. The average molecular weight is 342 g/mol. The van der Waals surface area contributed by atoms with Gasteiger partial charge in [-0.15, -0.1) is 0 Å². The lowest BCUT2D eigenvalue weighted by atomic mass is 10.2. The van der Waals surface area contributed by atoms with Gasteiger partial charge in [-0.1, -0.05) is 18.2 Å². The summed E-state index contributed by atoms with van der Waals surface area (Å²) in [6, 6.07) is 14.5. The Bertz CT molecular complexity index is 1010. The molecule has 0 bridgehead atoms. The maximum absolute atomic E-state index is 12.7. The van der Waals surface area contributed by atoms with Gasteiger partial charge in [-0.25, -0.2) is 13.2 Å². The zero-order chi connectivity index (χ0) is 17.2. The molecule has 0 atom stereocenters. The maximum atomic E-state index is 12.7. The second kappa shape index (κ2) is 6.29. The maximum Gasteiger partial charge on any atom is 0.339 e. The van der Waals surface area contributed by atoms with Crippen LogP contribution in [0.5, 0.6) is 0 Å². The first-order valence-electron chi connectivity index (χ1n) is 7.07. The fourth-order valence-electron chi connectivity index (χ4n) is 2.37. The SMILES string of the molecule is COC(=O)c1ccccc1S(=O)(=O)Nc1cccc2ncccc12. The first-order valence-corrected chi connectivity index (χ1v) is 8.55. The molecule has 1 heterocycles. The number of nitrogens with zero attached hydrogens (tertiary/aromatic N) is 1. The van der Waals surface area contributed by atoms with Crippen LogP contribution in [0.3, 0.4) is 0 Å². The molecule has 0 aliphatic rings. The molecule has 122 valence electrons. The van der Waals surface area contributed by atoms with E-state index in [-0.39, 0.29) is 10.5 Å². The van der Waals surface area contributed by atoms with Crippen LogP contribution in [-0.2, 0) is 14.8 Å². The van der Waals surface area contributed by atoms with Crippen LogP contribution in [0.4, 0.5) is 5.69 Å². The zero-order valence-corrected chi connectivity index (χ0v) is 13.6. The van der Waals surface area contributed by atoms with Crippen LogP contribution in [-0.4, -0.2) is 26.5 Å². The van der Waals surface area contributed by atoms with Gasteiger partial charge in [-0.05, 0) is 36.4 Å². The van der Waals surface area contributed by atoms with E-state index in [1.807, 2.05) is 0 Å². The van der Waals surface area contributed by atoms with Gasteiger partial charge >= 0.3 is 5.97 Å². The van der Waals surface area contributed by atoms with E-state index in [2.05, 4.69) is 14.4 Å². The monoisotopic (exact) mass is 342 g/mol. The third-order valence-corrected chi connectivity index (χ3v) is 4.90. The summed E-state index contributed by atoms with van der Waals surface area (Å²) in [5, 5.41) is 0.666. The Morgan fingerprint density at radius 3 is 2.62 bits per heavy atom. The molecule has 3 rings (SSSR count). The first-order chi connectivity index (χ1) is 11.5. The highest BCUT2D eigenvalue weighted by Crippen LogP contribution is 2.25. The van der Waals surface area contributed by atoms with E-state index in [0.717, 1.165) is 0 Å². The minimum atomic E-state index is -3.97. The van der Waals surface area contributed by atoms with Gasteiger partial charge < -0.3 is 4.74 Å². The molecule has 6 nitrogen and oxygen atoms in total. The molecule has 0 amide bonds. The molecule has 0 fully saturated rings. The Morgan fingerprint density at radius 2 is 1.83 bits per heavy atom. The molecule has 0 aliphatic heterocycles.